The van der Waals surface area contributed by atoms with Crippen molar-refractivity contribution in [2.24, 2.45) is 5.16 Å². The van der Waals surface area contributed by atoms with Gasteiger partial charge >= 0.3 is 0 Å². The molecule has 0 atom stereocenters. The minimum absolute atomic E-state index is 0.763. The molecule has 0 aromatic heterocycles. The van der Waals surface area contributed by atoms with Crippen LogP contribution in [-0.2, 0) is 4.84 Å². The second-order valence-electron chi connectivity index (χ2n) is 4.84. The number of oxime groups is 1. The Balaban J connectivity index is 0.000000561. The first kappa shape index (κ1) is 18.5. The number of hydrogen-bond donors (Lipinski definition) is 0. The van der Waals surface area contributed by atoms with E-state index in [0.29, 0.717) is 0 Å². The smallest absolute Gasteiger partial charge is 0.122 e. The summed E-state index contributed by atoms with van der Waals surface area (Å²) in [6.07, 6.45) is 0.999. The normalized spacial score (nSPS) is 17.5. The molecule has 3 rings (SSSR count). The molecule has 0 unspecified atom stereocenters. The second kappa shape index (κ2) is 11.1. The van der Waals surface area contributed by atoms with Gasteiger partial charge < -0.3 is 9.74 Å². The number of rotatable bonds is 3. The van der Waals surface area contributed by atoms with Crippen LogP contribution in [-0.4, -0.2) is 49.9 Å². The Bertz CT molecular complexity index is 412. The standard InChI is InChI=1S/C14H19N3O.2C2H6/c1-2-4-14(5-3-1)17-9-7-16(8-10-17)12-13-6-11-18-15-13;2*1-2/h1-5H,6-12H2;2*1-2H3. The van der Waals surface area contributed by atoms with Gasteiger partial charge in [-0.1, -0.05) is 51.0 Å². The Kier molecular flexibility index (Phi) is 9.31. The van der Waals surface area contributed by atoms with Crippen molar-refractivity contribution in [2.75, 3.05) is 44.2 Å². The molecule has 0 amide bonds. The molecule has 22 heavy (non-hydrogen) atoms. The third-order valence-electron chi connectivity index (χ3n) is 3.58. The van der Waals surface area contributed by atoms with E-state index in [2.05, 4.69) is 45.3 Å². The summed E-state index contributed by atoms with van der Waals surface area (Å²) in [6, 6.07) is 10.6. The predicted molar refractivity (Wildman–Crippen MR) is 95.8 cm³/mol. The summed E-state index contributed by atoms with van der Waals surface area (Å²) >= 11 is 0. The van der Waals surface area contributed by atoms with E-state index in [0.717, 1.165) is 45.8 Å². The zero-order chi connectivity index (χ0) is 16.2. The largest absolute Gasteiger partial charge is 0.395 e. The van der Waals surface area contributed by atoms with Gasteiger partial charge in [-0.05, 0) is 12.1 Å². The lowest BCUT2D eigenvalue weighted by Gasteiger charge is -2.35. The highest BCUT2D eigenvalue weighted by Crippen LogP contribution is 2.15. The monoisotopic (exact) mass is 305 g/mol. The molecule has 0 aliphatic carbocycles. The Labute approximate surface area is 135 Å². The van der Waals surface area contributed by atoms with Crippen molar-refractivity contribution in [1.82, 2.24) is 4.90 Å². The van der Waals surface area contributed by atoms with Gasteiger partial charge in [0.1, 0.15) is 6.61 Å². The molecule has 4 nitrogen and oxygen atoms in total. The maximum atomic E-state index is 5.04. The van der Waals surface area contributed by atoms with E-state index in [1.54, 1.807) is 0 Å². The molecule has 1 aromatic carbocycles. The quantitative estimate of drug-likeness (QED) is 0.853. The highest BCUT2D eigenvalue weighted by atomic mass is 16.6. The van der Waals surface area contributed by atoms with Gasteiger partial charge in [-0.15, -0.1) is 0 Å². The van der Waals surface area contributed by atoms with E-state index in [1.807, 2.05) is 27.7 Å². The molecule has 1 saturated heterocycles. The summed E-state index contributed by atoms with van der Waals surface area (Å²) in [5.74, 6) is 0. The Hall–Kier alpha value is -1.55. The van der Waals surface area contributed by atoms with Crippen LogP contribution in [0.1, 0.15) is 34.1 Å². The minimum atomic E-state index is 0.763. The van der Waals surface area contributed by atoms with Gasteiger partial charge in [-0.3, -0.25) is 4.90 Å². The number of para-hydroxylation sites is 1. The molecule has 2 aliphatic heterocycles. The highest BCUT2D eigenvalue weighted by molar-refractivity contribution is 5.86. The van der Waals surface area contributed by atoms with Crippen LogP contribution in [0.4, 0.5) is 5.69 Å². The van der Waals surface area contributed by atoms with E-state index in [9.17, 15) is 0 Å². The summed E-state index contributed by atoms with van der Waals surface area (Å²) in [7, 11) is 0. The molecule has 0 saturated carbocycles. The van der Waals surface area contributed by atoms with E-state index in [1.165, 1.54) is 11.4 Å². The molecule has 124 valence electrons. The van der Waals surface area contributed by atoms with E-state index in [4.69, 9.17) is 4.84 Å². The number of piperazine rings is 1. The third-order valence-corrected chi connectivity index (χ3v) is 3.58. The Morgan fingerprint density at radius 1 is 0.955 bits per heavy atom. The van der Waals surface area contributed by atoms with E-state index >= 15 is 0 Å². The molecule has 0 bridgehead atoms. The number of hydrogen-bond acceptors (Lipinski definition) is 4. The van der Waals surface area contributed by atoms with Gasteiger partial charge in [0.25, 0.3) is 0 Å². The van der Waals surface area contributed by atoms with Crippen molar-refractivity contribution in [3.05, 3.63) is 30.3 Å². The van der Waals surface area contributed by atoms with Crippen molar-refractivity contribution in [3.8, 4) is 0 Å². The van der Waals surface area contributed by atoms with Crippen LogP contribution in [0.3, 0.4) is 0 Å². The molecule has 2 aliphatic rings. The maximum absolute atomic E-state index is 5.04. The summed E-state index contributed by atoms with van der Waals surface area (Å²) in [5, 5.41) is 4.07. The molecular formula is C18H31N3O. The summed E-state index contributed by atoms with van der Waals surface area (Å²) in [5.41, 5.74) is 2.53. The molecule has 0 radical (unpaired) electrons. The molecule has 4 heteroatoms. The topological polar surface area (TPSA) is 28.1 Å². The van der Waals surface area contributed by atoms with Crippen LogP contribution in [0, 0.1) is 0 Å². The van der Waals surface area contributed by atoms with Crippen LogP contribution in [0.5, 0.6) is 0 Å². The summed E-state index contributed by atoms with van der Waals surface area (Å²) in [6.45, 7) is 14.1. The fourth-order valence-corrected chi connectivity index (χ4v) is 2.52. The third kappa shape index (κ3) is 5.68. The van der Waals surface area contributed by atoms with Crippen molar-refractivity contribution in [1.29, 1.82) is 0 Å². The Morgan fingerprint density at radius 2 is 1.59 bits per heavy atom. The van der Waals surface area contributed by atoms with Crippen LogP contribution < -0.4 is 4.90 Å². The summed E-state index contributed by atoms with van der Waals surface area (Å²) < 4.78 is 0. The van der Waals surface area contributed by atoms with Crippen molar-refractivity contribution in [2.45, 2.75) is 34.1 Å². The Morgan fingerprint density at radius 3 is 2.14 bits per heavy atom. The van der Waals surface area contributed by atoms with Gasteiger partial charge in [-0.25, -0.2) is 0 Å². The fourth-order valence-electron chi connectivity index (χ4n) is 2.52. The predicted octanol–water partition coefficient (Wildman–Crippen LogP) is 3.64. The summed E-state index contributed by atoms with van der Waals surface area (Å²) in [4.78, 5) is 9.95. The van der Waals surface area contributed by atoms with Crippen LogP contribution in [0.15, 0.2) is 35.5 Å². The van der Waals surface area contributed by atoms with Crippen LogP contribution in [0.25, 0.3) is 0 Å². The number of nitrogens with zero attached hydrogens (tertiary/aromatic N) is 3. The molecule has 1 fully saturated rings. The molecule has 0 N–H and O–H groups in total. The first-order valence-corrected chi connectivity index (χ1v) is 8.62. The number of anilines is 1. The average molecular weight is 305 g/mol. The van der Waals surface area contributed by atoms with Crippen LogP contribution >= 0.6 is 0 Å². The molecule has 0 spiro atoms. The van der Waals surface area contributed by atoms with Gasteiger partial charge in [0.15, 0.2) is 0 Å². The zero-order valence-electron chi connectivity index (χ0n) is 14.6. The lowest BCUT2D eigenvalue weighted by molar-refractivity contribution is 0.173. The fraction of sp³-hybridized carbons (Fsp3) is 0.611. The lowest BCUT2D eigenvalue weighted by Crippen LogP contribution is -2.47. The molecule has 2 heterocycles. The molecular weight excluding hydrogens is 274 g/mol. The number of benzene rings is 1. The second-order valence-corrected chi connectivity index (χ2v) is 4.84. The first-order chi connectivity index (χ1) is 10.9. The highest BCUT2D eigenvalue weighted by Gasteiger charge is 2.19. The average Bonchev–Trinajstić information content (AvgIpc) is 3.13. The zero-order valence-corrected chi connectivity index (χ0v) is 14.6. The SMILES string of the molecule is CC.CC.c1ccc(N2CCN(CC3=NOCC3)CC2)cc1. The van der Waals surface area contributed by atoms with Crippen molar-refractivity contribution in [3.63, 3.8) is 0 Å². The van der Waals surface area contributed by atoms with Crippen molar-refractivity contribution < 1.29 is 4.84 Å². The van der Waals surface area contributed by atoms with Crippen molar-refractivity contribution >= 4 is 11.4 Å². The van der Waals surface area contributed by atoms with E-state index in [-0.39, 0.29) is 0 Å². The lowest BCUT2D eigenvalue weighted by atomic mass is 10.2. The van der Waals surface area contributed by atoms with E-state index < -0.39 is 0 Å². The first-order valence-electron chi connectivity index (χ1n) is 8.62. The van der Waals surface area contributed by atoms with Gasteiger partial charge in [0, 0.05) is 44.8 Å². The minimum Gasteiger partial charge on any atom is -0.395 e. The maximum Gasteiger partial charge on any atom is 0.122 e. The van der Waals surface area contributed by atoms with Gasteiger partial charge in [-0.2, -0.15) is 0 Å². The van der Waals surface area contributed by atoms with Crippen LogP contribution in [0.2, 0.25) is 0 Å². The van der Waals surface area contributed by atoms with Gasteiger partial charge in [0.2, 0.25) is 0 Å². The molecule has 1 aromatic rings. The van der Waals surface area contributed by atoms with Gasteiger partial charge in [0.05, 0.1) is 5.71 Å².